The van der Waals surface area contributed by atoms with Crippen LogP contribution < -0.4 is 0 Å². The van der Waals surface area contributed by atoms with Crippen LogP contribution in [0.1, 0.15) is 18.1 Å². The van der Waals surface area contributed by atoms with Gasteiger partial charge in [-0.2, -0.15) is 5.26 Å². The first-order valence-electron chi connectivity index (χ1n) is 4.51. The smallest absolute Gasteiger partial charge is 0.331 e. The number of nitriles is 1. The molecule has 0 spiro atoms. The van der Waals surface area contributed by atoms with E-state index in [-0.39, 0.29) is 5.57 Å². The van der Waals surface area contributed by atoms with Gasteiger partial charge in [0, 0.05) is 5.57 Å². The van der Waals surface area contributed by atoms with Crippen molar-refractivity contribution >= 4 is 12.0 Å². The van der Waals surface area contributed by atoms with Crippen LogP contribution >= 0.6 is 0 Å². The second kappa shape index (κ2) is 4.97. The van der Waals surface area contributed by atoms with Crippen LogP contribution in [0.15, 0.2) is 29.8 Å². The van der Waals surface area contributed by atoms with Crippen LogP contribution in [-0.2, 0) is 11.2 Å². The van der Waals surface area contributed by atoms with E-state index in [2.05, 4.69) is 6.07 Å². The summed E-state index contributed by atoms with van der Waals surface area (Å²) in [5.74, 6) is -0.943. The van der Waals surface area contributed by atoms with Crippen molar-refractivity contribution in [2.75, 3.05) is 0 Å². The van der Waals surface area contributed by atoms with Crippen molar-refractivity contribution < 1.29 is 9.90 Å². The number of hydrogen-bond acceptors (Lipinski definition) is 2. The van der Waals surface area contributed by atoms with Gasteiger partial charge in [-0.25, -0.2) is 4.79 Å². The third-order valence-electron chi connectivity index (χ3n) is 2.03. The number of carbonyl (C=O) groups is 1. The van der Waals surface area contributed by atoms with Crippen molar-refractivity contribution in [1.82, 2.24) is 0 Å². The van der Waals surface area contributed by atoms with Gasteiger partial charge in [0.25, 0.3) is 0 Å². The minimum Gasteiger partial charge on any atom is -0.478 e. The first-order valence-corrected chi connectivity index (χ1v) is 4.51. The van der Waals surface area contributed by atoms with Crippen LogP contribution in [0.4, 0.5) is 0 Å². The van der Waals surface area contributed by atoms with Crippen molar-refractivity contribution in [3.05, 3.63) is 41.0 Å². The first-order chi connectivity index (χ1) is 7.15. The van der Waals surface area contributed by atoms with Crippen LogP contribution in [0, 0.1) is 11.3 Å². The lowest BCUT2D eigenvalue weighted by Crippen LogP contribution is -1.96. The molecule has 15 heavy (non-hydrogen) atoms. The molecule has 0 bridgehead atoms. The Kier molecular flexibility index (Phi) is 3.64. The maximum absolute atomic E-state index is 10.6. The van der Waals surface area contributed by atoms with E-state index in [0.717, 1.165) is 11.1 Å². The Morgan fingerprint density at radius 2 is 2.20 bits per heavy atom. The van der Waals surface area contributed by atoms with Gasteiger partial charge in [-0.05, 0) is 24.1 Å². The van der Waals surface area contributed by atoms with E-state index in [9.17, 15) is 4.79 Å². The number of nitrogens with zero attached hydrogens (tertiary/aromatic N) is 1. The number of hydrogen-bond donors (Lipinski definition) is 1. The highest BCUT2D eigenvalue weighted by molar-refractivity contribution is 5.91. The third kappa shape index (κ3) is 2.96. The lowest BCUT2D eigenvalue weighted by Gasteiger charge is -2.01. The van der Waals surface area contributed by atoms with Gasteiger partial charge in [0.1, 0.15) is 0 Å². The summed E-state index contributed by atoms with van der Waals surface area (Å²) in [5, 5.41) is 17.3. The second-order valence-electron chi connectivity index (χ2n) is 3.17. The molecule has 1 rings (SSSR count). The SMILES string of the molecule is CC(=Cc1ccccc1CC#N)C(=O)O. The summed E-state index contributed by atoms with van der Waals surface area (Å²) in [6.07, 6.45) is 1.87. The predicted octanol–water partition coefficient (Wildman–Crippen LogP) is 2.24. The molecule has 3 heteroatoms. The largest absolute Gasteiger partial charge is 0.478 e. The average Bonchev–Trinajstić information content (AvgIpc) is 2.21. The molecule has 0 amide bonds. The molecular formula is C12H11NO2. The van der Waals surface area contributed by atoms with E-state index >= 15 is 0 Å². The molecule has 0 radical (unpaired) electrons. The molecule has 1 N–H and O–H groups in total. The van der Waals surface area contributed by atoms with E-state index in [1.807, 2.05) is 18.2 Å². The molecule has 1 aromatic rings. The normalized spacial score (nSPS) is 10.8. The summed E-state index contributed by atoms with van der Waals surface area (Å²) in [5.41, 5.74) is 1.90. The molecule has 3 nitrogen and oxygen atoms in total. The zero-order chi connectivity index (χ0) is 11.3. The molecule has 0 saturated carbocycles. The monoisotopic (exact) mass is 201 g/mol. The molecule has 0 saturated heterocycles. The summed E-state index contributed by atoms with van der Waals surface area (Å²) < 4.78 is 0. The minimum absolute atomic E-state index is 0.264. The Morgan fingerprint density at radius 1 is 1.53 bits per heavy atom. The summed E-state index contributed by atoms with van der Waals surface area (Å²) in [4.78, 5) is 10.6. The highest BCUT2D eigenvalue weighted by Crippen LogP contribution is 2.13. The van der Waals surface area contributed by atoms with E-state index < -0.39 is 5.97 Å². The first kappa shape index (κ1) is 11.0. The van der Waals surface area contributed by atoms with E-state index in [1.54, 1.807) is 12.1 Å². The Hall–Kier alpha value is -2.08. The highest BCUT2D eigenvalue weighted by atomic mass is 16.4. The van der Waals surface area contributed by atoms with Gasteiger partial charge in [0.15, 0.2) is 0 Å². The molecule has 76 valence electrons. The van der Waals surface area contributed by atoms with Crippen LogP contribution in [0.3, 0.4) is 0 Å². The van der Waals surface area contributed by atoms with Crippen molar-refractivity contribution in [3.63, 3.8) is 0 Å². The molecule has 0 aliphatic heterocycles. The fourth-order valence-corrected chi connectivity index (χ4v) is 1.22. The van der Waals surface area contributed by atoms with Gasteiger partial charge in [0.05, 0.1) is 12.5 Å². The van der Waals surface area contributed by atoms with Gasteiger partial charge < -0.3 is 5.11 Å². The van der Waals surface area contributed by atoms with Gasteiger partial charge in [-0.3, -0.25) is 0 Å². The predicted molar refractivity (Wildman–Crippen MR) is 57.0 cm³/mol. The average molecular weight is 201 g/mol. The summed E-state index contributed by atoms with van der Waals surface area (Å²) >= 11 is 0. The quantitative estimate of drug-likeness (QED) is 0.763. The summed E-state index contributed by atoms with van der Waals surface area (Å²) in [6.45, 7) is 1.53. The zero-order valence-corrected chi connectivity index (χ0v) is 8.40. The van der Waals surface area contributed by atoms with Crippen molar-refractivity contribution in [3.8, 4) is 6.07 Å². The molecule has 0 heterocycles. The Bertz CT molecular complexity index is 441. The van der Waals surface area contributed by atoms with Gasteiger partial charge in [0.2, 0.25) is 0 Å². The number of rotatable bonds is 3. The van der Waals surface area contributed by atoms with Gasteiger partial charge in [-0.1, -0.05) is 24.3 Å². The number of carboxylic acid groups (broad SMARTS) is 1. The summed E-state index contributed by atoms with van der Waals surface area (Å²) in [6, 6.07) is 9.33. The number of aliphatic carboxylic acids is 1. The van der Waals surface area contributed by atoms with Crippen LogP contribution in [0.5, 0.6) is 0 Å². The third-order valence-corrected chi connectivity index (χ3v) is 2.03. The maximum atomic E-state index is 10.6. The van der Waals surface area contributed by atoms with E-state index in [0.29, 0.717) is 6.42 Å². The lowest BCUT2D eigenvalue weighted by molar-refractivity contribution is -0.132. The molecule has 0 aromatic heterocycles. The fraction of sp³-hybridized carbons (Fsp3) is 0.167. The fourth-order valence-electron chi connectivity index (χ4n) is 1.22. The maximum Gasteiger partial charge on any atom is 0.331 e. The van der Waals surface area contributed by atoms with E-state index in [4.69, 9.17) is 10.4 Å². The van der Waals surface area contributed by atoms with Gasteiger partial charge >= 0.3 is 5.97 Å². The minimum atomic E-state index is -0.943. The molecule has 0 unspecified atom stereocenters. The molecule has 0 fully saturated rings. The number of carboxylic acids is 1. The van der Waals surface area contributed by atoms with Crippen LogP contribution in [-0.4, -0.2) is 11.1 Å². The Labute approximate surface area is 88.3 Å². The standard InChI is InChI=1S/C12H11NO2/c1-9(12(14)15)8-11-5-3-2-4-10(11)6-7-13/h2-5,8H,6H2,1H3,(H,14,15). The highest BCUT2D eigenvalue weighted by Gasteiger charge is 2.03. The summed E-state index contributed by atoms with van der Waals surface area (Å²) in [7, 11) is 0. The molecule has 0 aliphatic carbocycles. The topological polar surface area (TPSA) is 61.1 Å². The number of benzene rings is 1. The van der Waals surface area contributed by atoms with Crippen molar-refractivity contribution in [1.29, 1.82) is 5.26 Å². The van der Waals surface area contributed by atoms with E-state index in [1.165, 1.54) is 6.92 Å². The Balaban J connectivity index is 3.09. The zero-order valence-electron chi connectivity index (χ0n) is 8.40. The Morgan fingerprint density at radius 3 is 2.80 bits per heavy atom. The van der Waals surface area contributed by atoms with Crippen LogP contribution in [0.2, 0.25) is 0 Å². The molecule has 0 aliphatic rings. The second-order valence-corrected chi connectivity index (χ2v) is 3.17. The van der Waals surface area contributed by atoms with Crippen LogP contribution in [0.25, 0.3) is 6.08 Å². The molecule has 1 aromatic carbocycles. The molecular weight excluding hydrogens is 190 g/mol. The van der Waals surface area contributed by atoms with Crippen molar-refractivity contribution in [2.45, 2.75) is 13.3 Å². The molecule has 0 atom stereocenters. The lowest BCUT2D eigenvalue weighted by atomic mass is 10.0. The van der Waals surface area contributed by atoms with Crippen molar-refractivity contribution in [2.24, 2.45) is 0 Å². The van der Waals surface area contributed by atoms with Gasteiger partial charge in [-0.15, -0.1) is 0 Å².